The average molecular weight is 635 g/mol. The summed E-state index contributed by atoms with van der Waals surface area (Å²) in [6.07, 6.45) is 0. The molecule has 2 aromatic rings. The second-order valence-electron chi connectivity index (χ2n) is 8.92. The summed E-state index contributed by atoms with van der Waals surface area (Å²) in [4.78, 5) is 0.345. The fourth-order valence-corrected chi connectivity index (χ4v) is 10.1. The normalized spacial score (nSPS) is 21.6. The molecule has 14 heteroatoms. The van der Waals surface area contributed by atoms with E-state index in [-0.39, 0.29) is 9.79 Å². The molecule has 2 aromatic carbocycles. The van der Waals surface area contributed by atoms with Crippen molar-refractivity contribution in [3.05, 3.63) is 59.7 Å². The monoisotopic (exact) mass is 634 g/mol. The van der Waals surface area contributed by atoms with Crippen LogP contribution >= 0.6 is 0 Å². The lowest BCUT2D eigenvalue weighted by Gasteiger charge is -2.13. The first-order valence-electron chi connectivity index (χ1n) is 12.9. The van der Waals surface area contributed by atoms with Crippen molar-refractivity contribution in [2.45, 2.75) is 23.6 Å². The molecule has 0 N–H and O–H groups in total. The highest BCUT2D eigenvalue weighted by Gasteiger charge is 2.16. The lowest BCUT2D eigenvalue weighted by molar-refractivity contribution is 0.0577. The molecular weight excluding hydrogens is 597 g/mol. The van der Waals surface area contributed by atoms with Crippen LogP contribution in [0, 0.1) is 13.8 Å². The zero-order valence-electron chi connectivity index (χ0n) is 22.9. The third kappa shape index (κ3) is 11.8. The van der Waals surface area contributed by atoms with E-state index in [0.717, 1.165) is 11.1 Å². The smallest absolute Gasteiger partial charge is 0.287 e. The number of rotatable bonds is 4. The van der Waals surface area contributed by atoms with Gasteiger partial charge in [0.2, 0.25) is 0 Å². The maximum absolute atomic E-state index is 12.8. The van der Waals surface area contributed by atoms with E-state index in [1.807, 2.05) is 13.8 Å². The minimum absolute atomic E-state index is 0.172. The lowest BCUT2D eigenvalue weighted by atomic mass is 10.2. The predicted octanol–water partition coefficient (Wildman–Crippen LogP) is 3.06. The van der Waals surface area contributed by atoms with Crippen molar-refractivity contribution in [3.63, 3.8) is 0 Å². The Labute approximate surface area is 243 Å². The largest absolute Gasteiger partial charge is 0.378 e. The molecule has 224 valence electrons. The molecule has 1 aliphatic heterocycles. The summed E-state index contributed by atoms with van der Waals surface area (Å²) in [5, 5.41) is 0. The number of aryl methyl sites for hydroxylation is 2. The minimum atomic E-state index is -3.79. The first-order valence-corrected chi connectivity index (χ1v) is 18.8. The molecule has 0 bridgehead atoms. The van der Waals surface area contributed by atoms with Gasteiger partial charge in [0.1, 0.15) is 0 Å². The summed E-state index contributed by atoms with van der Waals surface area (Å²) in [6.45, 7) is 6.43. The highest BCUT2D eigenvalue weighted by Crippen LogP contribution is 2.16. The highest BCUT2D eigenvalue weighted by molar-refractivity contribution is 8.00. The Morgan fingerprint density at radius 2 is 0.775 bits per heavy atom. The van der Waals surface area contributed by atoms with Gasteiger partial charge in [-0.05, 0) is 38.1 Å². The van der Waals surface area contributed by atoms with Gasteiger partial charge in [-0.1, -0.05) is 56.8 Å². The molecule has 0 saturated carbocycles. The molecule has 0 radical (unpaired) electrons. The van der Waals surface area contributed by atoms with Crippen LogP contribution < -0.4 is 0 Å². The van der Waals surface area contributed by atoms with E-state index >= 15 is 0 Å². The predicted molar refractivity (Wildman–Crippen MR) is 159 cm³/mol. The first kappa shape index (κ1) is 33.0. The van der Waals surface area contributed by atoms with Crippen molar-refractivity contribution in [1.29, 1.82) is 0 Å². The van der Waals surface area contributed by atoms with Crippen LogP contribution in [0.3, 0.4) is 0 Å². The van der Waals surface area contributed by atoms with Crippen molar-refractivity contribution in [2.75, 3.05) is 75.9 Å². The second kappa shape index (κ2) is 16.8. The molecule has 1 heterocycles. The summed E-state index contributed by atoms with van der Waals surface area (Å²) < 4.78 is 82.3. The van der Waals surface area contributed by atoms with Gasteiger partial charge in [-0.3, -0.25) is 0 Å². The molecule has 10 nitrogen and oxygen atoms in total. The summed E-state index contributed by atoms with van der Waals surface area (Å²) in [6, 6.07) is 13.3. The molecule has 0 unspecified atom stereocenters. The molecule has 1 aliphatic rings. The van der Waals surface area contributed by atoms with Crippen LogP contribution in [0.5, 0.6) is 0 Å². The van der Waals surface area contributed by atoms with Crippen LogP contribution in [0.4, 0.5) is 0 Å². The van der Waals surface area contributed by atoms with Crippen LogP contribution in [0.1, 0.15) is 11.1 Å². The summed E-state index contributed by atoms with van der Waals surface area (Å²) in [7, 11) is -9.17. The zero-order valence-corrected chi connectivity index (χ0v) is 26.2. The van der Waals surface area contributed by atoms with E-state index in [0.29, 0.717) is 75.9 Å². The maximum Gasteiger partial charge on any atom is 0.287 e. The van der Waals surface area contributed by atoms with Gasteiger partial charge in [-0.15, -0.1) is 7.54 Å². The van der Waals surface area contributed by atoms with Crippen LogP contribution in [0.2, 0.25) is 0 Å². The van der Waals surface area contributed by atoms with Crippen LogP contribution in [-0.4, -0.2) is 92.7 Å². The Balaban J connectivity index is 1.59. The SMILES string of the molecule is Cc1ccc(S(=O)(=O)N=S2CCOCCOCCS(=NS(=O)(=O)c3ccc(C)cc3)CCOCCOCC2)cc1. The van der Waals surface area contributed by atoms with Crippen molar-refractivity contribution < 1.29 is 35.8 Å². The Morgan fingerprint density at radius 1 is 0.500 bits per heavy atom. The third-order valence-corrected chi connectivity index (χ3v) is 13.2. The molecular formula is C26H38N2O8S4. The van der Waals surface area contributed by atoms with Crippen LogP contribution in [0.25, 0.3) is 0 Å². The summed E-state index contributed by atoms with van der Waals surface area (Å²) in [5.41, 5.74) is 1.95. The topological polar surface area (TPSA) is 130 Å². The molecule has 1 saturated heterocycles. The van der Waals surface area contributed by atoms with E-state index in [1.165, 1.54) is 0 Å². The standard InChI is InChI=1S/C26H38N2O8S4/c1-23-3-7-25(8-4-23)39(29,30)27-37-19-15-33-11-13-35-17-21-38(22-18-36-14-12-34-16-20-37)28-40(31,32)26-9-5-24(2)6-10-26/h3-10H,11-22H2,1-2H3. The Hall–Kier alpha value is -1.52. The van der Waals surface area contributed by atoms with E-state index in [9.17, 15) is 16.8 Å². The number of sulfonamides is 2. The lowest BCUT2D eigenvalue weighted by Crippen LogP contribution is -2.19. The van der Waals surface area contributed by atoms with E-state index in [2.05, 4.69) is 7.54 Å². The number of nitrogens with zero attached hydrogens (tertiary/aromatic N) is 2. The Bertz CT molecular complexity index is 1210. The van der Waals surface area contributed by atoms with Crippen LogP contribution in [-0.2, 0) is 60.4 Å². The fraction of sp³-hybridized carbons (Fsp3) is 0.538. The van der Waals surface area contributed by atoms with Gasteiger partial charge >= 0.3 is 0 Å². The molecule has 0 atom stereocenters. The quantitative estimate of drug-likeness (QED) is 0.502. The van der Waals surface area contributed by atoms with Gasteiger partial charge < -0.3 is 18.9 Å². The Morgan fingerprint density at radius 3 is 1.05 bits per heavy atom. The number of hydrogen-bond acceptors (Lipinski definition) is 8. The molecule has 1 fully saturated rings. The van der Waals surface area contributed by atoms with Crippen molar-refractivity contribution in [3.8, 4) is 0 Å². The number of ether oxygens (including phenoxy) is 4. The summed E-state index contributed by atoms with van der Waals surface area (Å²) in [5.74, 6) is 1.79. The van der Waals surface area contributed by atoms with Crippen molar-refractivity contribution >= 4 is 41.4 Å². The van der Waals surface area contributed by atoms with E-state index in [1.54, 1.807) is 48.5 Å². The highest BCUT2D eigenvalue weighted by atomic mass is 32.3. The second-order valence-corrected chi connectivity index (χ2v) is 16.4. The van der Waals surface area contributed by atoms with Gasteiger partial charge in [0.15, 0.2) is 0 Å². The number of hydrogen-bond donors (Lipinski definition) is 0. The molecule has 0 spiro atoms. The van der Waals surface area contributed by atoms with Gasteiger partial charge in [-0.25, -0.2) is 0 Å². The summed E-state index contributed by atoms with van der Waals surface area (Å²) >= 11 is 0. The van der Waals surface area contributed by atoms with Gasteiger partial charge in [0.25, 0.3) is 20.0 Å². The van der Waals surface area contributed by atoms with E-state index in [4.69, 9.17) is 18.9 Å². The van der Waals surface area contributed by atoms with E-state index < -0.39 is 41.4 Å². The Kier molecular flexibility index (Phi) is 13.9. The third-order valence-electron chi connectivity index (χ3n) is 5.64. The molecule has 0 aromatic heterocycles. The molecule has 40 heavy (non-hydrogen) atoms. The zero-order chi connectivity index (χ0) is 28.8. The number of benzene rings is 2. The maximum atomic E-state index is 12.8. The van der Waals surface area contributed by atoms with Crippen molar-refractivity contribution in [1.82, 2.24) is 0 Å². The fourth-order valence-electron chi connectivity index (χ4n) is 3.40. The van der Waals surface area contributed by atoms with Gasteiger partial charge in [-0.2, -0.15) is 16.8 Å². The average Bonchev–Trinajstić information content (AvgIpc) is 2.91. The molecule has 0 aliphatic carbocycles. The first-order chi connectivity index (χ1) is 19.2. The van der Waals surface area contributed by atoms with Gasteiger partial charge in [0.05, 0.1) is 62.6 Å². The minimum Gasteiger partial charge on any atom is -0.378 e. The van der Waals surface area contributed by atoms with Crippen LogP contribution in [0.15, 0.2) is 65.9 Å². The van der Waals surface area contributed by atoms with Crippen molar-refractivity contribution in [2.24, 2.45) is 7.54 Å². The van der Waals surface area contributed by atoms with Gasteiger partial charge in [0, 0.05) is 23.0 Å². The molecule has 0 amide bonds. The molecule has 3 rings (SSSR count).